The van der Waals surface area contributed by atoms with Gasteiger partial charge in [0.1, 0.15) is 0 Å². The van der Waals surface area contributed by atoms with Crippen LogP contribution in [0.4, 0.5) is 0 Å². The molecule has 0 aromatic rings. The van der Waals surface area contributed by atoms with Crippen LogP contribution in [0.3, 0.4) is 0 Å². The molecule has 4 fully saturated rings. The van der Waals surface area contributed by atoms with Gasteiger partial charge in [0.25, 0.3) is 0 Å². The molecule has 0 amide bonds. The van der Waals surface area contributed by atoms with Gasteiger partial charge in [-0.05, 0) is 115 Å². The molecule has 182 valence electrons. The summed E-state index contributed by atoms with van der Waals surface area (Å²) >= 11 is 0. The summed E-state index contributed by atoms with van der Waals surface area (Å²) in [5.74, 6) is 2.68. The first-order valence-corrected chi connectivity index (χ1v) is 13.8. The predicted octanol–water partition coefficient (Wildman–Crippen LogP) is 7.14. The van der Waals surface area contributed by atoms with Crippen molar-refractivity contribution in [3.63, 3.8) is 0 Å². The van der Waals surface area contributed by atoms with E-state index in [0.29, 0.717) is 34.0 Å². The second-order valence-electron chi connectivity index (χ2n) is 14.9. The summed E-state index contributed by atoms with van der Waals surface area (Å²) in [5, 5.41) is 21.7. The molecule has 5 aliphatic carbocycles. The fourth-order valence-corrected chi connectivity index (χ4v) is 10.9. The summed E-state index contributed by atoms with van der Waals surface area (Å²) in [6.07, 6.45) is 14.4. The van der Waals surface area contributed by atoms with Crippen molar-refractivity contribution in [2.45, 2.75) is 125 Å². The fraction of sp³-hybridized carbons (Fsp3) is 0.933. The molecule has 2 nitrogen and oxygen atoms in total. The minimum Gasteiger partial charge on any atom is -0.393 e. The van der Waals surface area contributed by atoms with Gasteiger partial charge in [-0.25, -0.2) is 0 Å². The maximum Gasteiger partial charge on any atom is 0.0594 e. The van der Waals surface area contributed by atoms with Gasteiger partial charge in [0, 0.05) is 0 Å². The lowest BCUT2D eigenvalue weighted by Gasteiger charge is -2.63. The minimum atomic E-state index is -0.156. The molecule has 5 rings (SSSR count). The molecule has 2 heteroatoms. The number of hydrogen-bond acceptors (Lipinski definition) is 2. The number of fused-ring (bicyclic) bond motifs is 6. The molecule has 0 radical (unpaired) electrons. The van der Waals surface area contributed by atoms with Crippen LogP contribution in [-0.4, -0.2) is 22.4 Å². The fourth-order valence-electron chi connectivity index (χ4n) is 10.9. The maximum absolute atomic E-state index is 10.9. The van der Waals surface area contributed by atoms with Crippen molar-refractivity contribution in [2.24, 2.45) is 50.7 Å². The van der Waals surface area contributed by atoms with E-state index in [9.17, 15) is 10.2 Å². The zero-order valence-corrected chi connectivity index (χ0v) is 22.0. The second-order valence-corrected chi connectivity index (χ2v) is 14.9. The summed E-state index contributed by atoms with van der Waals surface area (Å²) in [5.41, 5.74) is 2.91. The Balaban J connectivity index is 1.50. The smallest absolute Gasteiger partial charge is 0.0594 e. The van der Waals surface area contributed by atoms with Crippen LogP contribution in [0, 0.1) is 50.7 Å². The van der Waals surface area contributed by atoms with Crippen molar-refractivity contribution in [2.75, 3.05) is 0 Å². The summed E-state index contributed by atoms with van der Waals surface area (Å²) in [6, 6.07) is 0. The molecule has 9 unspecified atom stereocenters. The quantitative estimate of drug-likeness (QED) is 0.391. The molecule has 0 saturated heterocycles. The van der Waals surface area contributed by atoms with Gasteiger partial charge in [0.2, 0.25) is 0 Å². The van der Waals surface area contributed by atoms with Gasteiger partial charge in [-0.15, -0.1) is 0 Å². The monoisotopic (exact) mass is 442 g/mol. The minimum absolute atomic E-state index is 0.0125. The molecule has 0 heterocycles. The third-order valence-corrected chi connectivity index (χ3v) is 12.9. The van der Waals surface area contributed by atoms with E-state index in [4.69, 9.17) is 0 Å². The number of aliphatic hydroxyl groups excluding tert-OH is 2. The zero-order chi connectivity index (χ0) is 23.3. The molecule has 4 saturated carbocycles. The molecular formula is C30H50O2. The Kier molecular flexibility index (Phi) is 5.19. The van der Waals surface area contributed by atoms with Crippen molar-refractivity contribution in [1.29, 1.82) is 0 Å². The lowest BCUT2D eigenvalue weighted by Crippen LogP contribution is -2.58. The molecule has 0 aromatic heterocycles. The van der Waals surface area contributed by atoms with E-state index in [1.807, 2.05) is 0 Å². The zero-order valence-electron chi connectivity index (χ0n) is 22.0. The Morgan fingerprint density at radius 1 is 0.656 bits per heavy atom. The lowest BCUT2D eigenvalue weighted by molar-refractivity contribution is -0.170. The third kappa shape index (κ3) is 2.96. The average Bonchev–Trinajstić information content (AvgIpc) is 2.86. The Morgan fingerprint density at radius 2 is 1.25 bits per heavy atom. The van der Waals surface area contributed by atoms with E-state index in [1.54, 1.807) is 5.57 Å². The first kappa shape index (κ1) is 23.4. The Hall–Kier alpha value is -0.340. The SMILES string of the molecule is CC12CCC3C(C)(C)C(O)CCC3(C)C1CCC1C(=CCC3C(C)(C)C(O)CCC13C)C2. The molecule has 0 spiro atoms. The van der Waals surface area contributed by atoms with E-state index < -0.39 is 0 Å². The number of hydrogen-bond donors (Lipinski definition) is 2. The van der Waals surface area contributed by atoms with Gasteiger partial charge in [0.15, 0.2) is 0 Å². The number of aliphatic hydroxyl groups is 2. The summed E-state index contributed by atoms with van der Waals surface area (Å²) in [4.78, 5) is 0. The van der Waals surface area contributed by atoms with Crippen LogP contribution in [0.5, 0.6) is 0 Å². The Labute approximate surface area is 197 Å². The average molecular weight is 443 g/mol. The third-order valence-electron chi connectivity index (χ3n) is 12.9. The number of rotatable bonds is 0. The highest BCUT2D eigenvalue weighted by atomic mass is 16.3. The Morgan fingerprint density at radius 3 is 1.91 bits per heavy atom. The molecular weight excluding hydrogens is 392 g/mol. The first-order valence-electron chi connectivity index (χ1n) is 13.8. The van der Waals surface area contributed by atoms with Crippen LogP contribution in [0.15, 0.2) is 11.6 Å². The molecule has 9 atom stereocenters. The first-order chi connectivity index (χ1) is 14.8. The van der Waals surface area contributed by atoms with Gasteiger partial charge in [-0.2, -0.15) is 0 Å². The van der Waals surface area contributed by atoms with Gasteiger partial charge < -0.3 is 10.2 Å². The molecule has 32 heavy (non-hydrogen) atoms. The van der Waals surface area contributed by atoms with Gasteiger partial charge in [0.05, 0.1) is 12.2 Å². The highest BCUT2D eigenvalue weighted by Gasteiger charge is 2.63. The molecule has 0 bridgehead atoms. The molecule has 0 aromatic carbocycles. The highest BCUT2D eigenvalue weighted by Crippen LogP contribution is 2.70. The van der Waals surface area contributed by atoms with Crippen molar-refractivity contribution < 1.29 is 10.2 Å². The predicted molar refractivity (Wildman–Crippen MR) is 132 cm³/mol. The number of allylic oxidation sites excluding steroid dienone is 2. The topological polar surface area (TPSA) is 40.5 Å². The van der Waals surface area contributed by atoms with Crippen LogP contribution in [0.1, 0.15) is 113 Å². The molecule has 2 N–H and O–H groups in total. The van der Waals surface area contributed by atoms with Crippen LogP contribution in [-0.2, 0) is 0 Å². The van der Waals surface area contributed by atoms with E-state index in [0.717, 1.165) is 25.2 Å². The van der Waals surface area contributed by atoms with Crippen molar-refractivity contribution >= 4 is 0 Å². The van der Waals surface area contributed by atoms with E-state index in [2.05, 4.69) is 54.5 Å². The van der Waals surface area contributed by atoms with Crippen LogP contribution < -0.4 is 0 Å². The second kappa shape index (κ2) is 7.09. The largest absolute Gasteiger partial charge is 0.393 e. The highest BCUT2D eigenvalue weighted by molar-refractivity contribution is 5.25. The van der Waals surface area contributed by atoms with Crippen molar-refractivity contribution in [3.8, 4) is 0 Å². The van der Waals surface area contributed by atoms with Crippen molar-refractivity contribution in [3.05, 3.63) is 11.6 Å². The molecule has 5 aliphatic rings. The molecule has 0 aliphatic heterocycles. The van der Waals surface area contributed by atoms with Gasteiger partial charge >= 0.3 is 0 Å². The van der Waals surface area contributed by atoms with Gasteiger partial charge in [-0.3, -0.25) is 0 Å². The summed E-state index contributed by atoms with van der Waals surface area (Å²) in [6.45, 7) is 17.2. The standard InChI is InChI=1S/C30H50O2/c1-26(2)21-10-8-19-18-28(5)15-12-22-27(3,4)25(32)14-17-30(22,7)23(28)11-9-20(19)29(21,6)16-13-24(26)31/h8,20-25,31-32H,9-18H2,1-7H3. The maximum atomic E-state index is 10.9. The van der Waals surface area contributed by atoms with E-state index >= 15 is 0 Å². The Bertz CT molecular complexity index is 795. The summed E-state index contributed by atoms with van der Waals surface area (Å²) < 4.78 is 0. The van der Waals surface area contributed by atoms with E-state index in [-0.39, 0.29) is 23.0 Å². The van der Waals surface area contributed by atoms with Crippen LogP contribution in [0.2, 0.25) is 0 Å². The normalized spacial score (nSPS) is 54.2. The lowest BCUT2D eigenvalue weighted by atomic mass is 9.42. The van der Waals surface area contributed by atoms with Crippen LogP contribution in [0.25, 0.3) is 0 Å². The van der Waals surface area contributed by atoms with Crippen LogP contribution >= 0.6 is 0 Å². The van der Waals surface area contributed by atoms with Gasteiger partial charge in [-0.1, -0.05) is 60.1 Å². The van der Waals surface area contributed by atoms with E-state index in [1.165, 1.54) is 44.9 Å². The summed E-state index contributed by atoms with van der Waals surface area (Å²) in [7, 11) is 0. The van der Waals surface area contributed by atoms with Crippen molar-refractivity contribution in [1.82, 2.24) is 0 Å².